The van der Waals surface area contributed by atoms with Gasteiger partial charge in [0.1, 0.15) is 6.33 Å². The molecule has 5 nitrogen and oxygen atoms in total. The van der Waals surface area contributed by atoms with Crippen molar-refractivity contribution in [3.8, 4) is 0 Å². The average molecular weight is 259 g/mol. The molecule has 92 valence electrons. The third-order valence-corrected chi connectivity index (χ3v) is 3.45. The Morgan fingerprint density at radius 1 is 1.50 bits per heavy atom. The number of rotatable bonds is 4. The molecule has 3 aromatic rings. The molecule has 0 fully saturated rings. The molecular formula is C12H13N5S. The van der Waals surface area contributed by atoms with Gasteiger partial charge >= 0.3 is 0 Å². The van der Waals surface area contributed by atoms with E-state index >= 15 is 0 Å². The molecule has 0 radical (unpaired) electrons. The first-order valence-corrected chi connectivity index (χ1v) is 6.69. The highest BCUT2D eigenvalue weighted by Crippen LogP contribution is 2.14. The lowest BCUT2D eigenvalue weighted by Gasteiger charge is -2.13. The van der Waals surface area contributed by atoms with Crippen molar-refractivity contribution in [1.29, 1.82) is 0 Å². The van der Waals surface area contributed by atoms with Crippen LogP contribution in [0.1, 0.15) is 12.5 Å². The highest BCUT2D eigenvalue weighted by atomic mass is 32.1. The summed E-state index contributed by atoms with van der Waals surface area (Å²) in [6, 6.07) is 2.45. The van der Waals surface area contributed by atoms with Gasteiger partial charge in [-0.25, -0.2) is 4.98 Å². The lowest BCUT2D eigenvalue weighted by molar-refractivity contribution is 0.786. The van der Waals surface area contributed by atoms with E-state index in [4.69, 9.17) is 0 Å². The number of nitrogens with zero attached hydrogens (tertiary/aromatic N) is 4. The molecule has 0 aliphatic heterocycles. The number of hydrogen-bond donors (Lipinski definition) is 1. The van der Waals surface area contributed by atoms with Gasteiger partial charge in [-0.2, -0.15) is 11.3 Å². The van der Waals surface area contributed by atoms with Crippen LogP contribution in [0, 0.1) is 0 Å². The molecule has 0 aromatic carbocycles. The Kier molecular flexibility index (Phi) is 2.93. The second-order valence-corrected chi connectivity index (χ2v) is 5.00. The van der Waals surface area contributed by atoms with Gasteiger partial charge in [0, 0.05) is 18.4 Å². The fourth-order valence-corrected chi connectivity index (χ4v) is 2.59. The quantitative estimate of drug-likeness (QED) is 0.780. The molecule has 3 heterocycles. The Bertz CT molecular complexity index is 631. The van der Waals surface area contributed by atoms with Crippen molar-refractivity contribution in [2.45, 2.75) is 19.4 Å². The van der Waals surface area contributed by atoms with E-state index in [1.54, 1.807) is 23.9 Å². The maximum absolute atomic E-state index is 4.32. The number of thiophene rings is 1. The van der Waals surface area contributed by atoms with Crippen molar-refractivity contribution in [1.82, 2.24) is 19.6 Å². The maximum Gasteiger partial charge on any atom is 0.203 e. The smallest absolute Gasteiger partial charge is 0.203 e. The van der Waals surface area contributed by atoms with E-state index in [0.717, 1.165) is 17.9 Å². The summed E-state index contributed by atoms with van der Waals surface area (Å²) < 4.78 is 1.85. The largest absolute Gasteiger partial charge is 0.364 e. The standard InChI is InChI=1S/C12H13N5S/c1-9(6-10-2-5-18-7-10)15-11-12-16-14-8-17(12)4-3-13-11/h2-5,7-9H,6H2,1H3,(H,13,15). The van der Waals surface area contributed by atoms with E-state index in [2.05, 4.69) is 44.2 Å². The maximum atomic E-state index is 4.32. The summed E-state index contributed by atoms with van der Waals surface area (Å²) in [4.78, 5) is 4.32. The van der Waals surface area contributed by atoms with E-state index in [0.29, 0.717) is 6.04 Å². The summed E-state index contributed by atoms with van der Waals surface area (Å²) in [5.41, 5.74) is 2.10. The molecule has 3 aromatic heterocycles. The SMILES string of the molecule is CC(Cc1ccsc1)Nc1nccn2cnnc12. The molecule has 0 bridgehead atoms. The van der Waals surface area contributed by atoms with Crippen LogP contribution < -0.4 is 5.32 Å². The van der Waals surface area contributed by atoms with Gasteiger partial charge in [0.25, 0.3) is 0 Å². The predicted molar refractivity (Wildman–Crippen MR) is 71.9 cm³/mol. The van der Waals surface area contributed by atoms with Crippen LogP contribution in [0.3, 0.4) is 0 Å². The number of anilines is 1. The van der Waals surface area contributed by atoms with Gasteiger partial charge in [-0.3, -0.25) is 4.40 Å². The molecule has 0 saturated carbocycles. The second kappa shape index (κ2) is 4.73. The Morgan fingerprint density at radius 3 is 3.28 bits per heavy atom. The molecule has 0 aliphatic carbocycles. The van der Waals surface area contributed by atoms with Crippen molar-refractivity contribution >= 4 is 22.8 Å². The Morgan fingerprint density at radius 2 is 2.44 bits per heavy atom. The van der Waals surface area contributed by atoms with Gasteiger partial charge in [0.15, 0.2) is 5.82 Å². The van der Waals surface area contributed by atoms with Crippen LogP contribution in [0.25, 0.3) is 5.65 Å². The summed E-state index contributed by atoms with van der Waals surface area (Å²) in [5, 5.41) is 15.6. The fraction of sp³-hybridized carbons (Fsp3) is 0.250. The number of aromatic nitrogens is 4. The first-order chi connectivity index (χ1) is 8.83. The van der Waals surface area contributed by atoms with Gasteiger partial charge in [-0.1, -0.05) is 0 Å². The Hall–Kier alpha value is -1.95. The zero-order valence-electron chi connectivity index (χ0n) is 9.95. The summed E-state index contributed by atoms with van der Waals surface area (Å²) in [6.45, 7) is 2.14. The van der Waals surface area contributed by atoms with Crippen LogP contribution in [0.2, 0.25) is 0 Å². The zero-order chi connectivity index (χ0) is 12.4. The van der Waals surface area contributed by atoms with E-state index < -0.39 is 0 Å². The van der Waals surface area contributed by atoms with Crippen molar-refractivity contribution < 1.29 is 0 Å². The third-order valence-electron chi connectivity index (χ3n) is 2.72. The normalized spacial score (nSPS) is 12.7. The van der Waals surface area contributed by atoms with Crippen LogP contribution in [0.5, 0.6) is 0 Å². The summed E-state index contributed by atoms with van der Waals surface area (Å²) >= 11 is 1.72. The minimum absolute atomic E-state index is 0.301. The van der Waals surface area contributed by atoms with E-state index in [1.807, 2.05) is 10.6 Å². The molecule has 6 heteroatoms. The topological polar surface area (TPSA) is 55.1 Å². The van der Waals surface area contributed by atoms with Crippen LogP contribution >= 0.6 is 11.3 Å². The first kappa shape index (κ1) is 11.2. The first-order valence-electron chi connectivity index (χ1n) is 5.75. The fourth-order valence-electron chi connectivity index (χ4n) is 1.91. The van der Waals surface area contributed by atoms with Gasteiger partial charge in [-0.05, 0) is 35.7 Å². The molecular weight excluding hydrogens is 246 g/mol. The van der Waals surface area contributed by atoms with Crippen LogP contribution in [0.4, 0.5) is 5.82 Å². The second-order valence-electron chi connectivity index (χ2n) is 4.22. The van der Waals surface area contributed by atoms with Gasteiger partial charge in [-0.15, -0.1) is 10.2 Å². The van der Waals surface area contributed by atoms with Gasteiger partial charge < -0.3 is 5.32 Å². The van der Waals surface area contributed by atoms with Crippen LogP contribution in [0.15, 0.2) is 35.5 Å². The van der Waals surface area contributed by atoms with Gasteiger partial charge in [0.2, 0.25) is 5.65 Å². The average Bonchev–Trinajstić information content (AvgIpc) is 2.99. The van der Waals surface area contributed by atoms with Gasteiger partial charge in [0.05, 0.1) is 0 Å². The van der Waals surface area contributed by atoms with Crippen molar-refractivity contribution in [2.24, 2.45) is 0 Å². The summed E-state index contributed by atoms with van der Waals surface area (Å²) in [7, 11) is 0. The van der Waals surface area contributed by atoms with E-state index in [-0.39, 0.29) is 0 Å². The Labute approximate surface area is 109 Å². The monoisotopic (exact) mass is 259 g/mol. The van der Waals surface area contributed by atoms with Crippen LogP contribution in [-0.4, -0.2) is 25.6 Å². The molecule has 0 spiro atoms. The highest BCUT2D eigenvalue weighted by molar-refractivity contribution is 7.07. The molecule has 0 saturated heterocycles. The van der Waals surface area contributed by atoms with Crippen molar-refractivity contribution in [2.75, 3.05) is 5.32 Å². The number of fused-ring (bicyclic) bond motifs is 1. The lowest BCUT2D eigenvalue weighted by atomic mass is 10.1. The third kappa shape index (κ3) is 2.19. The minimum atomic E-state index is 0.301. The minimum Gasteiger partial charge on any atom is -0.364 e. The molecule has 18 heavy (non-hydrogen) atoms. The van der Waals surface area contributed by atoms with E-state index in [9.17, 15) is 0 Å². The summed E-state index contributed by atoms with van der Waals surface area (Å²) in [6.07, 6.45) is 6.23. The molecule has 0 aliphatic rings. The molecule has 1 N–H and O–H groups in total. The highest BCUT2D eigenvalue weighted by Gasteiger charge is 2.09. The lowest BCUT2D eigenvalue weighted by Crippen LogP contribution is -2.19. The van der Waals surface area contributed by atoms with Crippen LogP contribution in [-0.2, 0) is 6.42 Å². The number of hydrogen-bond acceptors (Lipinski definition) is 5. The van der Waals surface area contributed by atoms with E-state index in [1.165, 1.54) is 5.56 Å². The molecule has 3 rings (SSSR count). The number of nitrogens with one attached hydrogen (secondary N) is 1. The van der Waals surface area contributed by atoms with Crippen molar-refractivity contribution in [3.05, 3.63) is 41.1 Å². The predicted octanol–water partition coefficient (Wildman–Crippen LogP) is 2.23. The van der Waals surface area contributed by atoms with Crippen molar-refractivity contribution in [3.63, 3.8) is 0 Å². The molecule has 0 amide bonds. The zero-order valence-corrected chi connectivity index (χ0v) is 10.8. The molecule has 1 unspecified atom stereocenters. The molecule has 1 atom stereocenters. The Balaban J connectivity index is 1.77. The summed E-state index contributed by atoms with van der Waals surface area (Å²) in [5.74, 6) is 0.776.